The molecule has 0 N–H and O–H groups in total. The predicted octanol–water partition coefficient (Wildman–Crippen LogP) is 3.50. The molecule has 2 aromatic rings. The maximum atomic E-state index is 11.5. The maximum Gasteiger partial charge on any atom is 0.266 e. The summed E-state index contributed by atoms with van der Waals surface area (Å²) in [5, 5.41) is 4.10. The number of aromatic nitrogens is 2. The fraction of sp³-hybridized carbons (Fsp3) is 0.600. The van der Waals surface area contributed by atoms with Crippen molar-refractivity contribution in [2.75, 3.05) is 30.9 Å². The molecule has 2 heterocycles. The Morgan fingerprint density at radius 2 is 1.93 bits per heavy atom. The maximum absolute atomic E-state index is 11.5. The van der Waals surface area contributed by atoms with Crippen LogP contribution in [-0.4, -0.2) is 44.5 Å². The predicted molar refractivity (Wildman–Crippen MR) is 108 cm³/mol. The number of benzene rings is 1. The van der Waals surface area contributed by atoms with Crippen LogP contribution in [0.4, 0.5) is 5.95 Å². The number of anilines is 1. The Morgan fingerprint density at radius 1 is 1.21 bits per heavy atom. The molecule has 8 heteroatoms. The van der Waals surface area contributed by atoms with E-state index >= 15 is 0 Å². The first-order chi connectivity index (χ1) is 13.5. The molecule has 0 spiro atoms. The molecule has 28 heavy (non-hydrogen) atoms. The van der Waals surface area contributed by atoms with E-state index in [1.54, 1.807) is 24.3 Å². The van der Waals surface area contributed by atoms with E-state index in [2.05, 4.69) is 22.0 Å². The highest BCUT2D eigenvalue weighted by Crippen LogP contribution is 2.25. The van der Waals surface area contributed by atoms with E-state index in [1.165, 1.54) is 6.26 Å². The largest absolute Gasteiger partial charge is 0.494 e. The van der Waals surface area contributed by atoms with Crippen molar-refractivity contribution in [1.82, 2.24) is 10.1 Å². The lowest BCUT2D eigenvalue weighted by Crippen LogP contribution is -2.34. The van der Waals surface area contributed by atoms with Gasteiger partial charge in [-0.15, -0.1) is 0 Å². The van der Waals surface area contributed by atoms with Crippen LogP contribution < -0.4 is 9.64 Å². The molecule has 7 nitrogen and oxygen atoms in total. The van der Waals surface area contributed by atoms with Crippen molar-refractivity contribution < 1.29 is 17.7 Å². The number of hydrogen-bond donors (Lipinski definition) is 0. The molecule has 1 aromatic carbocycles. The fourth-order valence-corrected chi connectivity index (χ4v) is 4.09. The Bertz CT molecular complexity index is 841. The lowest BCUT2D eigenvalue weighted by atomic mass is 9.92. The zero-order valence-corrected chi connectivity index (χ0v) is 17.5. The average molecular weight is 408 g/mol. The summed E-state index contributed by atoms with van der Waals surface area (Å²) in [5.41, 5.74) is 0. The molecule has 0 saturated carbocycles. The van der Waals surface area contributed by atoms with Crippen molar-refractivity contribution in [3.63, 3.8) is 0 Å². The van der Waals surface area contributed by atoms with Gasteiger partial charge in [0.05, 0.1) is 11.5 Å². The summed E-state index contributed by atoms with van der Waals surface area (Å²) in [4.78, 5) is 6.99. The molecule has 0 atom stereocenters. The number of rotatable bonds is 9. The molecule has 0 unspecified atom stereocenters. The molecule has 0 radical (unpaired) electrons. The molecule has 1 aliphatic heterocycles. The van der Waals surface area contributed by atoms with Gasteiger partial charge in [-0.3, -0.25) is 0 Å². The second-order valence-corrected chi connectivity index (χ2v) is 9.42. The van der Waals surface area contributed by atoms with Gasteiger partial charge in [-0.2, -0.15) is 4.98 Å². The van der Waals surface area contributed by atoms with Crippen molar-refractivity contribution in [2.24, 2.45) is 5.92 Å². The second-order valence-electron chi connectivity index (χ2n) is 7.40. The van der Waals surface area contributed by atoms with Gasteiger partial charge in [-0.05, 0) is 67.4 Å². The summed E-state index contributed by atoms with van der Waals surface area (Å²) in [6, 6.07) is 6.60. The van der Waals surface area contributed by atoms with E-state index in [4.69, 9.17) is 9.26 Å². The quantitative estimate of drug-likeness (QED) is 0.588. The number of ether oxygens (including phenoxy) is 1. The van der Waals surface area contributed by atoms with Gasteiger partial charge in [-0.1, -0.05) is 6.92 Å². The van der Waals surface area contributed by atoms with Gasteiger partial charge in [-0.25, -0.2) is 8.42 Å². The van der Waals surface area contributed by atoms with Crippen molar-refractivity contribution in [3.8, 4) is 5.75 Å². The number of hydrogen-bond acceptors (Lipinski definition) is 7. The van der Waals surface area contributed by atoms with Gasteiger partial charge >= 0.3 is 0 Å². The number of sulfone groups is 1. The molecule has 1 aliphatic rings. The highest BCUT2D eigenvalue weighted by atomic mass is 32.2. The summed E-state index contributed by atoms with van der Waals surface area (Å²) < 4.78 is 34.0. The summed E-state index contributed by atoms with van der Waals surface area (Å²) >= 11 is 0. The smallest absolute Gasteiger partial charge is 0.266 e. The highest BCUT2D eigenvalue weighted by molar-refractivity contribution is 7.90. The molecule has 0 aliphatic carbocycles. The van der Waals surface area contributed by atoms with E-state index in [1.807, 2.05) is 0 Å². The first-order valence-corrected chi connectivity index (χ1v) is 11.9. The molecule has 0 bridgehead atoms. The second kappa shape index (κ2) is 9.41. The third-order valence-electron chi connectivity index (χ3n) is 5.10. The van der Waals surface area contributed by atoms with Crippen molar-refractivity contribution >= 4 is 15.8 Å². The fourth-order valence-electron chi connectivity index (χ4n) is 3.46. The minimum atomic E-state index is -3.16. The van der Waals surface area contributed by atoms with Gasteiger partial charge in [0.1, 0.15) is 5.75 Å². The number of nitrogens with zero attached hydrogens (tertiary/aromatic N) is 3. The molecular weight excluding hydrogens is 378 g/mol. The number of aryl methyl sites for hydroxylation is 1. The molecule has 1 fully saturated rings. The van der Waals surface area contributed by atoms with Crippen LogP contribution in [-0.2, 0) is 16.3 Å². The van der Waals surface area contributed by atoms with Crippen molar-refractivity contribution in [2.45, 2.75) is 50.3 Å². The summed E-state index contributed by atoms with van der Waals surface area (Å²) in [6.45, 7) is 4.67. The molecular formula is C20H29N3O4S. The topological polar surface area (TPSA) is 85.5 Å². The first kappa shape index (κ1) is 20.6. The van der Waals surface area contributed by atoms with E-state index in [-0.39, 0.29) is 0 Å². The first-order valence-electron chi connectivity index (χ1n) is 9.96. The van der Waals surface area contributed by atoms with Crippen molar-refractivity contribution in [3.05, 3.63) is 30.2 Å². The van der Waals surface area contributed by atoms with E-state index in [0.29, 0.717) is 23.2 Å². The van der Waals surface area contributed by atoms with Crippen LogP contribution in [0.5, 0.6) is 5.75 Å². The Hall–Kier alpha value is -2.09. The molecule has 154 valence electrons. The summed E-state index contributed by atoms with van der Waals surface area (Å²) in [7, 11) is -3.16. The SMILES string of the molecule is CCCc1nc(N2CCC(CCCOc3ccc(S(C)(=O)=O)cc3)CC2)no1. The summed E-state index contributed by atoms with van der Waals surface area (Å²) in [5.74, 6) is 2.85. The van der Waals surface area contributed by atoms with Crippen LogP contribution in [0.2, 0.25) is 0 Å². The normalized spacial score (nSPS) is 15.7. The van der Waals surface area contributed by atoms with Crippen LogP contribution in [0.1, 0.15) is 44.9 Å². The van der Waals surface area contributed by atoms with E-state index in [9.17, 15) is 8.42 Å². The van der Waals surface area contributed by atoms with Crippen LogP contribution in [0.25, 0.3) is 0 Å². The zero-order chi connectivity index (χ0) is 20.0. The van der Waals surface area contributed by atoms with Gasteiger partial charge in [0.25, 0.3) is 5.95 Å². The molecule has 1 aromatic heterocycles. The molecule has 1 saturated heterocycles. The van der Waals surface area contributed by atoms with Crippen LogP contribution in [0, 0.1) is 5.92 Å². The average Bonchev–Trinajstić information content (AvgIpc) is 3.14. The van der Waals surface area contributed by atoms with Gasteiger partial charge < -0.3 is 14.2 Å². The zero-order valence-electron chi connectivity index (χ0n) is 16.6. The monoisotopic (exact) mass is 407 g/mol. The molecule has 0 amide bonds. The Kier molecular flexibility index (Phi) is 6.93. The van der Waals surface area contributed by atoms with Crippen LogP contribution in [0.3, 0.4) is 0 Å². The van der Waals surface area contributed by atoms with Crippen LogP contribution in [0.15, 0.2) is 33.7 Å². The Morgan fingerprint density at radius 3 is 2.57 bits per heavy atom. The van der Waals surface area contributed by atoms with E-state index < -0.39 is 9.84 Å². The highest BCUT2D eigenvalue weighted by Gasteiger charge is 2.22. The molecule has 3 rings (SSSR count). The Labute approximate surface area is 167 Å². The minimum Gasteiger partial charge on any atom is -0.494 e. The van der Waals surface area contributed by atoms with E-state index in [0.717, 1.165) is 63.5 Å². The lowest BCUT2D eigenvalue weighted by Gasteiger charge is -2.30. The van der Waals surface area contributed by atoms with Crippen molar-refractivity contribution in [1.29, 1.82) is 0 Å². The Balaban J connectivity index is 1.35. The van der Waals surface area contributed by atoms with Gasteiger partial charge in [0, 0.05) is 25.8 Å². The third-order valence-corrected chi connectivity index (χ3v) is 6.22. The summed E-state index contributed by atoms with van der Waals surface area (Å²) in [6.07, 6.45) is 7.41. The lowest BCUT2D eigenvalue weighted by molar-refractivity contribution is 0.278. The number of piperidine rings is 1. The minimum absolute atomic E-state index is 0.315. The third kappa shape index (κ3) is 5.70. The van der Waals surface area contributed by atoms with Crippen LogP contribution >= 0.6 is 0 Å². The van der Waals surface area contributed by atoms with Gasteiger partial charge in [0.2, 0.25) is 5.89 Å². The standard InChI is InChI=1S/C20H29N3O4S/c1-3-5-19-21-20(22-27-19)23-13-11-16(12-14-23)6-4-15-26-17-7-9-18(10-8-17)28(2,24)25/h7-10,16H,3-6,11-15H2,1-2H3. The van der Waals surface area contributed by atoms with Gasteiger partial charge in [0.15, 0.2) is 9.84 Å².